The molecule has 1 atom stereocenters. The van der Waals surface area contributed by atoms with Gasteiger partial charge in [-0.1, -0.05) is 0 Å². The third-order valence-electron chi connectivity index (χ3n) is 1.46. The summed E-state index contributed by atoms with van der Waals surface area (Å²) in [6.07, 6.45) is 1.76. The lowest BCUT2D eigenvalue weighted by Crippen LogP contribution is -2.28. The number of ketones is 1. The molecular formula is C7H20N2O. The minimum absolute atomic E-state index is 0. The fraction of sp³-hybridized carbons (Fsp3) is 0.857. The van der Waals surface area contributed by atoms with E-state index in [-0.39, 0.29) is 13.3 Å². The van der Waals surface area contributed by atoms with Crippen LogP contribution in [0.15, 0.2) is 0 Å². The highest BCUT2D eigenvalue weighted by Crippen LogP contribution is 1.93. The van der Waals surface area contributed by atoms with Crippen LogP contribution in [0.4, 0.5) is 0 Å². The number of nitrogens with two attached hydrogens (primary N) is 1. The third-order valence-corrected chi connectivity index (χ3v) is 1.46. The van der Waals surface area contributed by atoms with Crippen molar-refractivity contribution in [2.75, 3.05) is 13.6 Å². The molecule has 0 aliphatic carbocycles. The van der Waals surface area contributed by atoms with Gasteiger partial charge in [0.1, 0.15) is 5.78 Å². The average molecular weight is 151 g/mol. The molecule has 0 radical (unpaired) electrons. The van der Waals surface area contributed by atoms with Crippen molar-refractivity contribution in [1.82, 2.24) is 5.32 Å². The molecule has 10 heavy (non-hydrogen) atoms. The molecule has 0 aliphatic heterocycles. The Morgan fingerprint density at radius 3 is 2.90 bits per heavy atom. The summed E-state index contributed by atoms with van der Waals surface area (Å²) in [5, 5.41) is 3.00. The van der Waals surface area contributed by atoms with E-state index in [1.54, 1.807) is 0 Å². The van der Waals surface area contributed by atoms with Crippen LogP contribution in [0.3, 0.4) is 0 Å². The normalized spacial score (nSPS) is 13.9. The van der Waals surface area contributed by atoms with Gasteiger partial charge >= 0.3 is 0 Å². The molecule has 0 spiro atoms. The van der Waals surface area contributed by atoms with Crippen molar-refractivity contribution in [2.24, 2.45) is 5.73 Å². The van der Waals surface area contributed by atoms with E-state index in [9.17, 15) is 4.79 Å². The quantitative estimate of drug-likeness (QED) is 0.559. The summed E-state index contributed by atoms with van der Waals surface area (Å²) in [7, 11) is 1.89. The number of carbonyl (C=O) groups is 1. The van der Waals surface area contributed by atoms with Crippen molar-refractivity contribution >= 4 is 5.78 Å². The Bertz CT molecular complexity index is 114. The van der Waals surface area contributed by atoms with Gasteiger partial charge in [0.2, 0.25) is 0 Å². The lowest BCUT2D eigenvalue weighted by Gasteiger charge is -2.05. The van der Waals surface area contributed by atoms with E-state index in [2.05, 4.69) is 5.32 Å². The van der Waals surface area contributed by atoms with E-state index in [1.807, 2.05) is 7.05 Å². The second-order valence-corrected chi connectivity index (χ2v) is 2.46. The zero-order valence-corrected chi connectivity index (χ0v) is 6.68. The minimum atomic E-state index is -0.256. The monoisotopic (exact) mass is 151 g/mol. The molecule has 0 bridgehead atoms. The Morgan fingerprint density at radius 2 is 2.50 bits per heavy atom. The molecule has 64 valence electrons. The summed E-state index contributed by atoms with van der Waals surface area (Å²) < 4.78 is 10.0. The van der Waals surface area contributed by atoms with Gasteiger partial charge in [-0.25, -0.2) is 0 Å². The highest BCUT2D eigenvalue weighted by atomic mass is 16.1. The van der Waals surface area contributed by atoms with E-state index in [0.717, 1.165) is 19.4 Å². The van der Waals surface area contributed by atoms with Gasteiger partial charge in [0.05, 0.1) is 6.04 Å². The Hall–Kier alpha value is -0.410. The van der Waals surface area contributed by atoms with Crippen LogP contribution < -0.4 is 11.1 Å². The van der Waals surface area contributed by atoms with Crippen molar-refractivity contribution in [1.29, 1.82) is 0 Å². The third kappa shape index (κ3) is 4.47. The first-order chi connectivity index (χ1) is 5.68. The molecule has 0 aromatic heterocycles. The molecule has 0 amide bonds. The van der Waals surface area contributed by atoms with Gasteiger partial charge in [-0.15, -0.1) is 0 Å². The van der Waals surface area contributed by atoms with Crippen molar-refractivity contribution in [3.05, 3.63) is 0 Å². The van der Waals surface area contributed by atoms with Gasteiger partial charge in [0.15, 0.2) is 0 Å². The molecule has 0 saturated heterocycles. The zero-order valence-electron chi connectivity index (χ0n) is 8.68. The molecule has 3 heteroatoms. The largest absolute Gasteiger partial charge is 0.322 e. The van der Waals surface area contributed by atoms with Crippen LogP contribution in [0.2, 0.25) is 0 Å². The maximum Gasteiger partial charge on any atom is 0.146 e. The molecule has 0 heterocycles. The van der Waals surface area contributed by atoms with Crippen LogP contribution in [0.25, 0.3) is 0 Å². The molecule has 1 unspecified atom stereocenters. The first-order valence-corrected chi connectivity index (χ1v) is 3.59. The second kappa shape index (κ2) is 5.38. The smallest absolute Gasteiger partial charge is 0.146 e. The van der Waals surface area contributed by atoms with Crippen LogP contribution in [-0.4, -0.2) is 25.4 Å². The highest BCUT2D eigenvalue weighted by molar-refractivity contribution is 5.80. The van der Waals surface area contributed by atoms with E-state index >= 15 is 0 Å². The number of hydrogen-bond donors (Lipinski definition) is 2. The molecule has 0 rings (SSSR count). The highest BCUT2D eigenvalue weighted by Gasteiger charge is 2.05. The molecule has 3 N–H and O–H groups in total. The van der Waals surface area contributed by atoms with E-state index in [0.29, 0.717) is 0 Å². The lowest BCUT2D eigenvalue weighted by molar-refractivity contribution is -0.118. The number of Topliss-reactive ketones (excluding diaryl/α,β-unsaturated/α-hetero) is 1. The van der Waals surface area contributed by atoms with Crippen LogP contribution in [0, 0.1) is 0 Å². The van der Waals surface area contributed by atoms with Crippen LogP contribution in [0.1, 0.15) is 24.2 Å². The maximum absolute atomic E-state index is 10.6. The Balaban J connectivity index is -0.000000309. The van der Waals surface area contributed by atoms with Crippen LogP contribution in [-0.2, 0) is 4.79 Å². The summed E-state index contributed by atoms with van der Waals surface area (Å²) in [4.78, 5) is 10.6. The molecule has 0 fully saturated rings. The summed E-state index contributed by atoms with van der Waals surface area (Å²) in [5.41, 5.74) is 5.48. The van der Waals surface area contributed by atoms with E-state index < -0.39 is 0 Å². The van der Waals surface area contributed by atoms with Gasteiger partial charge in [0.25, 0.3) is 0 Å². The van der Waals surface area contributed by atoms with E-state index in [4.69, 9.17) is 8.70 Å². The van der Waals surface area contributed by atoms with Crippen molar-refractivity contribution < 1.29 is 9.19 Å². The summed E-state index contributed by atoms with van der Waals surface area (Å²) in [5.74, 6) is 0.0797. The zero-order chi connectivity index (χ0) is 9.98. The van der Waals surface area contributed by atoms with Gasteiger partial charge in [-0.2, -0.15) is 0 Å². The predicted octanol–water partition coefficient (Wildman–Crippen LogP) is 0.394. The Kier molecular flexibility index (Phi) is 4.14. The topological polar surface area (TPSA) is 55.1 Å². The lowest BCUT2D eigenvalue weighted by atomic mass is 10.1. The maximum atomic E-state index is 10.6. The predicted molar refractivity (Wildman–Crippen MR) is 46.0 cm³/mol. The number of rotatable bonds is 5. The summed E-state index contributed by atoms with van der Waals surface area (Å²) in [6.45, 7) is 2.46. The van der Waals surface area contributed by atoms with Crippen molar-refractivity contribution in [3.63, 3.8) is 0 Å². The summed E-state index contributed by atoms with van der Waals surface area (Å²) >= 11 is 0. The van der Waals surface area contributed by atoms with Gasteiger partial charge in [-0.05, 0) is 33.4 Å². The van der Waals surface area contributed by atoms with Gasteiger partial charge in [0, 0.05) is 4.40 Å². The standard InChI is InChI=1S/C7H16N2O.2H2/c1-6(10)7(8)4-3-5-9-2;;/h7,9H,3-5,8H2,1-2H3;2*1H/i;1+1D;1+1. The average Bonchev–Trinajstić information content (AvgIpc) is 2.08. The van der Waals surface area contributed by atoms with Gasteiger partial charge < -0.3 is 11.1 Å². The van der Waals surface area contributed by atoms with Gasteiger partial charge in [-0.3, -0.25) is 4.79 Å². The van der Waals surface area contributed by atoms with Crippen molar-refractivity contribution in [2.45, 2.75) is 25.8 Å². The first kappa shape index (κ1) is 7.69. The van der Waals surface area contributed by atoms with Crippen LogP contribution >= 0.6 is 0 Å². The molecule has 0 saturated carbocycles. The van der Waals surface area contributed by atoms with E-state index in [1.165, 1.54) is 6.92 Å². The molecule has 0 aliphatic rings. The van der Waals surface area contributed by atoms with Crippen LogP contribution in [0.5, 0.6) is 0 Å². The first-order valence-electron chi connectivity index (χ1n) is 4.59. The number of hydrogen-bond acceptors (Lipinski definition) is 3. The Morgan fingerprint density at radius 1 is 1.90 bits per heavy atom. The summed E-state index contributed by atoms with van der Waals surface area (Å²) in [6, 6.07) is -0.256. The molecular weight excluding hydrogens is 128 g/mol. The number of nitrogens with one attached hydrogen (secondary N) is 1. The van der Waals surface area contributed by atoms with Crippen molar-refractivity contribution in [3.8, 4) is 0 Å². The fourth-order valence-corrected chi connectivity index (χ4v) is 0.702. The molecule has 0 aromatic carbocycles. The minimum Gasteiger partial charge on any atom is -0.322 e. The Labute approximate surface area is 66.6 Å². The number of carbonyl (C=O) groups excluding carboxylic acids is 1. The molecule has 0 aromatic rings. The fourth-order valence-electron chi connectivity index (χ4n) is 0.702. The molecule has 3 nitrogen and oxygen atoms in total. The second-order valence-electron chi connectivity index (χ2n) is 2.46. The SMILES string of the molecule is CNCCCC(N)C(C)=O.[2HH].[2H][2H].